The van der Waals surface area contributed by atoms with Crippen LogP contribution >= 0.6 is 0 Å². The second-order valence-electron chi connectivity index (χ2n) is 6.61. The van der Waals surface area contributed by atoms with Gasteiger partial charge in [0.05, 0.1) is 11.4 Å². The van der Waals surface area contributed by atoms with Crippen LogP contribution < -0.4 is 9.62 Å². The Morgan fingerprint density at radius 2 is 1.54 bits per heavy atom. The first-order valence-electron chi connectivity index (χ1n) is 9.05. The van der Waals surface area contributed by atoms with E-state index in [9.17, 15) is 18.0 Å². The fourth-order valence-corrected chi connectivity index (χ4v) is 4.07. The van der Waals surface area contributed by atoms with Gasteiger partial charge in [0.2, 0.25) is 15.9 Å². The zero-order valence-electron chi connectivity index (χ0n) is 15.7. The van der Waals surface area contributed by atoms with Gasteiger partial charge in [-0.3, -0.25) is 9.59 Å². The number of carbonyl (C=O) groups excluding carboxylic acids is 2. The normalized spacial score (nSPS) is 14.8. The molecule has 1 amide bonds. The van der Waals surface area contributed by atoms with Crippen LogP contribution in [0.5, 0.6) is 0 Å². The third-order valence-corrected chi connectivity index (χ3v) is 6.16. The van der Waals surface area contributed by atoms with Crippen LogP contribution in [0.2, 0.25) is 0 Å². The van der Waals surface area contributed by atoms with Crippen LogP contribution in [0.3, 0.4) is 0 Å². The number of piperazine rings is 1. The predicted octanol–water partition coefficient (Wildman–Crippen LogP) is 1.52. The van der Waals surface area contributed by atoms with E-state index in [2.05, 4.69) is 9.62 Å². The van der Waals surface area contributed by atoms with Crippen molar-refractivity contribution in [2.75, 3.05) is 37.6 Å². The number of hydrogen-bond acceptors (Lipinski definition) is 5. The van der Waals surface area contributed by atoms with E-state index in [0.717, 1.165) is 5.69 Å². The Labute approximate surface area is 165 Å². The van der Waals surface area contributed by atoms with Gasteiger partial charge < -0.3 is 9.80 Å². The number of hydrogen-bond donors (Lipinski definition) is 1. The van der Waals surface area contributed by atoms with Crippen molar-refractivity contribution in [3.05, 3.63) is 60.2 Å². The van der Waals surface area contributed by atoms with Crippen LogP contribution in [0.1, 0.15) is 17.3 Å². The zero-order valence-corrected chi connectivity index (χ0v) is 16.5. The lowest BCUT2D eigenvalue weighted by atomic mass is 10.1. The van der Waals surface area contributed by atoms with E-state index in [-0.39, 0.29) is 23.1 Å². The summed E-state index contributed by atoms with van der Waals surface area (Å²) in [5.74, 6) is -0.217. The molecule has 1 aliphatic heterocycles. The first-order chi connectivity index (χ1) is 13.4. The average molecular weight is 401 g/mol. The van der Waals surface area contributed by atoms with Gasteiger partial charge in [0.15, 0.2) is 5.78 Å². The topological polar surface area (TPSA) is 86.8 Å². The summed E-state index contributed by atoms with van der Waals surface area (Å²) in [7, 11) is -3.69. The Morgan fingerprint density at radius 1 is 0.929 bits per heavy atom. The maximum absolute atomic E-state index is 12.4. The van der Waals surface area contributed by atoms with E-state index >= 15 is 0 Å². The quantitative estimate of drug-likeness (QED) is 0.742. The van der Waals surface area contributed by atoms with Crippen molar-refractivity contribution in [1.29, 1.82) is 0 Å². The molecule has 0 spiro atoms. The number of ketones is 1. The molecular weight excluding hydrogens is 378 g/mol. The van der Waals surface area contributed by atoms with E-state index in [1.807, 2.05) is 12.1 Å². The molecule has 1 N–H and O–H groups in total. The van der Waals surface area contributed by atoms with Gasteiger partial charge in [-0.1, -0.05) is 18.2 Å². The monoisotopic (exact) mass is 401 g/mol. The number of nitrogens with zero attached hydrogens (tertiary/aromatic N) is 2. The number of anilines is 1. The summed E-state index contributed by atoms with van der Waals surface area (Å²) in [6.45, 7) is 3.60. The van der Waals surface area contributed by atoms with E-state index < -0.39 is 10.0 Å². The number of rotatable bonds is 6. The van der Waals surface area contributed by atoms with Crippen molar-refractivity contribution in [2.24, 2.45) is 0 Å². The zero-order chi connectivity index (χ0) is 20.1. The minimum absolute atomic E-state index is 0.0277. The molecule has 0 unspecified atom stereocenters. The summed E-state index contributed by atoms with van der Waals surface area (Å²) >= 11 is 0. The maximum Gasteiger partial charge on any atom is 0.241 e. The number of benzene rings is 2. The van der Waals surface area contributed by atoms with Gasteiger partial charge in [-0.05, 0) is 43.3 Å². The van der Waals surface area contributed by atoms with Gasteiger partial charge in [-0.2, -0.15) is 0 Å². The van der Waals surface area contributed by atoms with Gasteiger partial charge in [0, 0.05) is 37.4 Å². The Bertz CT molecular complexity index is 935. The highest BCUT2D eigenvalue weighted by atomic mass is 32.2. The minimum atomic E-state index is -3.69. The summed E-state index contributed by atoms with van der Waals surface area (Å²) in [6, 6.07) is 15.4. The molecule has 3 rings (SSSR count). The molecule has 148 valence electrons. The lowest BCUT2D eigenvalue weighted by Gasteiger charge is -2.36. The molecule has 0 saturated carbocycles. The molecule has 0 atom stereocenters. The molecule has 0 aromatic heterocycles. The van der Waals surface area contributed by atoms with Crippen LogP contribution in [-0.2, 0) is 14.8 Å². The highest BCUT2D eigenvalue weighted by Crippen LogP contribution is 2.18. The molecule has 0 bridgehead atoms. The Morgan fingerprint density at radius 3 is 2.11 bits per heavy atom. The lowest BCUT2D eigenvalue weighted by Crippen LogP contribution is -2.51. The molecule has 7 nitrogen and oxygen atoms in total. The minimum Gasteiger partial charge on any atom is -0.368 e. The van der Waals surface area contributed by atoms with Gasteiger partial charge in [-0.15, -0.1) is 0 Å². The first kappa shape index (κ1) is 20.0. The van der Waals surface area contributed by atoms with Crippen LogP contribution in [-0.4, -0.2) is 57.7 Å². The fraction of sp³-hybridized carbons (Fsp3) is 0.300. The molecule has 1 fully saturated rings. The second kappa shape index (κ2) is 8.53. The summed E-state index contributed by atoms with van der Waals surface area (Å²) < 4.78 is 26.8. The lowest BCUT2D eigenvalue weighted by molar-refractivity contribution is -0.130. The predicted molar refractivity (Wildman–Crippen MR) is 107 cm³/mol. The van der Waals surface area contributed by atoms with Crippen LogP contribution in [0, 0.1) is 0 Å². The molecule has 8 heteroatoms. The van der Waals surface area contributed by atoms with Crippen molar-refractivity contribution >= 4 is 27.4 Å². The molecule has 28 heavy (non-hydrogen) atoms. The van der Waals surface area contributed by atoms with Crippen LogP contribution in [0.25, 0.3) is 0 Å². The molecule has 1 heterocycles. The third kappa shape index (κ3) is 4.76. The van der Waals surface area contributed by atoms with E-state index in [1.54, 1.807) is 35.2 Å². The van der Waals surface area contributed by atoms with Gasteiger partial charge in [0.1, 0.15) is 0 Å². The molecular formula is C20H23N3O4S. The van der Waals surface area contributed by atoms with Crippen molar-refractivity contribution in [2.45, 2.75) is 11.8 Å². The van der Waals surface area contributed by atoms with Gasteiger partial charge in [0.25, 0.3) is 0 Å². The summed E-state index contributed by atoms with van der Waals surface area (Å²) in [6.07, 6.45) is 0. The van der Waals surface area contributed by atoms with E-state index in [0.29, 0.717) is 31.7 Å². The van der Waals surface area contributed by atoms with Crippen molar-refractivity contribution in [3.63, 3.8) is 0 Å². The second-order valence-corrected chi connectivity index (χ2v) is 8.38. The molecule has 2 aromatic rings. The van der Waals surface area contributed by atoms with Crippen molar-refractivity contribution in [1.82, 2.24) is 9.62 Å². The Balaban J connectivity index is 1.52. The fourth-order valence-electron chi connectivity index (χ4n) is 3.07. The van der Waals surface area contributed by atoms with Gasteiger partial charge in [-0.25, -0.2) is 13.1 Å². The standard InChI is InChI=1S/C20H23N3O4S/c1-16(24)17-7-9-18(10-8-17)22-11-13-23(14-12-22)20(25)15-21-28(26,27)19-5-3-2-4-6-19/h2-10,21H,11-15H2,1H3. The number of Topliss-reactive ketones (excluding diaryl/α,β-unsaturated/α-hetero) is 1. The summed E-state index contributed by atoms with van der Waals surface area (Å²) in [4.78, 5) is 27.7. The van der Waals surface area contributed by atoms with Crippen molar-refractivity contribution in [3.8, 4) is 0 Å². The Kier molecular flexibility index (Phi) is 6.11. The largest absolute Gasteiger partial charge is 0.368 e. The third-order valence-electron chi connectivity index (χ3n) is 4.74. The highest BCUT2D eigenvalue weighted by molar-refractivity contribution is 7.89. The maximum atomic E-state index is 12.4. The number of sulfonamides is 1. The highest BCUT2D eigenvalue weighted by Gasteiger charge is 2.23. The van der Waals surface area contributed by atoms with E-state index in [4.69, 9.17) is 0 Å². The molecule has 2 aromatic carbocycles. The molecule has 0 aliphatic carbocycles. The first-order valence-corrected chi connectivity index (χ1v) is 10.5. The molecule has 0 radical (unpaired) electrons. The Hall–Kier alpha value is -2.71. The SMILES string of the molecule is CC(=O)c1ccc(N2CCN(C(=O)CNS(=O)(=O)c3ccccc3)CC2)cc1. The number of carbonyl (C=O) groups is 2. The average Bonchev–Trinajstić information content (AvgIpc) is 2.73. The smallest absolute Gasteiger partial charge is 0.241 e. The van der Waals surface area contributed by atoms with Crippen molar-refractivity contribution < 1.29 is 18.0 Å². The van der Waals surface area contributed by atoms with E-state index in [1.165, 1.54) is 19.1 Å². The summed E-state index contributed by atoms with van der Waals surface area (Å²) in [5, 5.41) is 0. The number of nitrogens with one attached hydrogen (secondary N) is 1. The number of amides is 1. The molecule has 1 aliphatic rings. The molecule has 1 saturated heterocycles. The van der Waals surface area contributed by atoms with Crippen LogP contribution in [0.4, 0.5) is 5.69 Å². The van der Waals surface area contributed by atoms with Crippen LogP contribution in [0.15, 0.2) is 59.5 Å². The summed E-state index contributed by atoms with van der Waals surface area (Å²) in [5.41, 5.74) is 1.67. The van der Waals surface area contributed by atoms with Gasteiger partial charge >= 0.3 is 0 Å².